The van der Waals surface area contributed by atoms with Gasteiger partial charge in [-0.3, -0.25) is 9.69 Å². The maximum absolute atomic E-state index is 11.5. The van der Waals surface area contributed by atoms with E-state index in [4.69, 9.17) is 0 Å². The Morgan fingerprint density at radius 2 is 2.42 bits per heavy atom. The topological polar surface area (TPSA) is 43.8 Å². The molecule has 4 nitrogen and oxygen atoms in total. The smallest absolute Gasteiger partial charge is 0.222 e. The quantitative estimate of drug-likeness (QED) is 0.855. The van der Waals surface area contributed by atoms with Gasteiger partial charge in [0.1, 0.15) is 0 Å². The number of halogens is 1. The summed E-state index contributed by atoms with van der Waals surface area (Å²) in [4.78, 5) is 15.3. The van der Waals surface area contributed by atoms with Crippen LogP contribution in [0.2, 0.25) is 0 Å². The lowest BCUT2D eigenvalue weighted by Crippen LogP contribution is -2.39. The molecule has 1 atom stereocenters. The first-order chi connectivity index (χ1) is 9.04. The third kappa shape index (κ3) is 4.56. The largest absolute Gasteiger partial charge is 0.390 e. The number of carbonyl (C=O) groups excluding carboxylic acids is 1. The normalized spacial score (nSPS) is 17.5. The second-order valence-electron chi connectivity index (χ2n) is 5.05. The van der Waals surface area contributed by atoms with Crippen LogP contribution in [0.5, 0.6) is 0 Å². The van der Waals surface area contributed by atoms with Crippen molar-refractivity contribution in [1.29, 1.82) is 0 Å². The minimum Gasteiger partial charge on any atom is -0.390 e. The molecule has 1 fully saturated rings. The number of hydrogen-bond acceptors (Lipinski definition) is 4. The molecule has 0 bridgehead atoms. The van der Waals surface area contributed by atoms with Gasteiger partial charge in [-0.25, -0.2) is 0 Å². The molecular weight excluding hydrogens is 328 g/mol. The molecule has 0 radical (unpaired) electrons. The summed E-state index contributed by atoms with van der Waals surface area (Å²) in [6, 6.07) is 2.09. The van der Waals surface area contributed by atoms with Gasteiger partial charge in [0, 0.05) is 32.6 Å². The molecule has 1 aliphatic heterocycles. The molecule has 1 aromatic heterocycles. The molecular formula is C13H19BrN2O2S. The molecule has 6 heteroatoms. The fraction of sp³-hybridized carbons (Fsp3) is 0.615. The van der Waals surface area contributed by atoms with Crippen molar-refractivity contribution in [2.75, 3.05) is 26.7 Å². The van der Waals surface area contributed by atoms with Gasteiger partial charge >= 0.3 is 0 Å². The first kappa shape index (κ1) is 15.0. The maximum atomic E-state index is 11.5. The van der Waals surface area contributed by atoms with Gasteiger partial charge in [-0.2, -0.15) is 0 Å². The van der Waals surface area contributed by atoms with Gasteiger partial charge in [-0.1, -0.05) is 0 Å². The molecule has 1 N–H and O–H groups in total. The van der Waals surface area contributed by atoms with E-state index in [9.17, 15) is 9.90 Å². The molecule has 0 aromatic carbocycles. The van der Waals surface area contributed by atoms with Crippen LogP contribution < -0.4 is 0 Å². The minimum absolute atomic E-state index is 0.170. The monoisotopic (exact) mass is 346 g/mol. The van der Waals surface area contributed by atoms with Crippen LogP contribution in [0.3, 0.4) is 0 Å². The molecule has 2 rings (SSSR count). The Balaban J connectivity index is 1.75. The number of β-amino-alcohol motifs (C(OH)–C–C–N with tert-alkyl or cyclic N) is 1. The number of aliphatic hydroxyl groups excluding tert-OH is 1. The Kier molecular flexibility index (Phi) is 5.38. The molecule has 2 heterocycles. The molecule has 1 aliphatic rings. The summed E-state index contributed by atoms with van der Waals surface area (Å²) in [5.41, 5.74) is 1.24. The summed E-state index contributed by atoms with van der Waals surface area (Å²) in [5, 5.41) is 12.1. The molecule has 1 aromatic rings. The second kappa shape index (κ2) is 6.83. The predicted molar refractivity (Wildman–Crippen MR) is 80.2 cm³/mol. The Labute approximate surface area is 126 Å². The van der Waals surface area contributed by atoms with E-state index in [0.29, 0.717) is 19.5 Å². The average Bonchev–Trinajstić information content (AvgIpc) is 2.89. The van der Waals surface area contributed by atoms with Crippen molar-refractivity contribution >= 4 is 33.2 Å². The molecule has 1 unspecified atom stereocenters. The number of thiophene rings is 1. The minimum atomic E-state index is -0.478. The second-order valence-corrected chi connectivity index (χ2v) is 7.34. The van der Waals surface area contributed by atoms with Crippen LogP contribution in [-0.2, 0) is 11.3 Å². The van der Waals surface area contributed by atoms with Crippen LogP contribution in [0, 0.1) is 0 Å². The highest BCUT2D eigenvalue weighted by atomic mass is 79.9. The van der Waals surface area contributed by atoms with Gasteiger partial charge < -0.3 is 10.0 Å². The zero-order chi connectivity index (χ0) is 13.8. The summed E-state index contributed by atoms with van der Waals surface area (Å²) >= 11 is 5.11. The van der Waals surface area contributed by atoms with Gasteiger partial charge in [0.25, 0.3) is 0 Å². The summed E-state index contributed by atoms with van der Waals surface area (Å²) < 4.78 is 1.12. The molecule has 106 valence electrons. The van der Waals surface area contributed by atoms with Crippen molar-refractivity contribution in [3.05, 3.63) is 20.8 Å². The van der Waals surface area contributed by atoms with E-state index in [1.807, 2.05) is 7.05 Å². The molecule has 1 amide bonds. The van der Waals surface area contributed by atoms with Crippen molar-refractivity contribution < 1.29 is 9.90 Å². The van der Waals surface area contributed by atoms with Crippen molar-refractivity contribution in [2.45, 2.75) is 25.5 Å². The summed E-state index contributed by atoms with van der Waals surface area (Å²) in [6.45, 7) is 2.64. The number of aliphatic hydroxyl groups is 1. The molecule has 0 aliphatic carbocycles. The van der Waals surface area contributed by atoms with Crippen molar-refractivity contribution in [3.63, 3.8) is 0 Å². The van der Waals surface area contributed by atoms with E-state index in [1.165, 1.54) is 5.56 Å². The molecule has 0 spiro atoms. The first-order valence-corrected chi connectivity index (χ1v) is 8.09. The number of likely N-dealkylation sites (tertiary alicyclic amines) is 1. The standard InChI is InChI=1S/C13H19BrN2O2S/c1-15(6-10-5-12(14)19-9-10)7-11(17)8-16-4-2-3-13(16)18/h5,9,11,17H,2-4,6-8H2,1H3. The van der Waals surface area contributed by atoms with Crippen molar-refractivity contribution in [3.8, 4) is 0 Å². The molecule has 1 saturated heterocycles. The average molecular weight is 347 g/mol. The lowest BCUT2D eigenvalue weighted by molar-refractivity contribution is -0.129. The third-order valence-electron chi connectivity index (χ3n) is 3.20. The van der Waals surface area contributed by atoms with Crippen LogP contribution in [0.1, 0.15) is 18.4 Å². The Morgan fingerprint density at radius 1 is 1.63 bits per heavy atom. The first-order valence-electron chi connectivity index (χ1n) is 6.42. The van der Waals surface area contributed by atoms with Crippen LogP contribution in [0.15, 0.2) is 15.2 Å². The third-order valence-corrected chi connectivity index (χ3v) is 4.75. The number of carbonyl (C=O) groups is 1. The van der Waals surface area contributed by atoms with E-state index in [2.05, 4.69) is 32.3 Å². The van der Waals surface area contributed by atoms with Gasteiger partial charge in [-0.05, 0) is 46.4 Å². The van der Waals surface area contributed by atoms with Gasteiger partial charge in [0.15, 0.2) is 0 Å². The Bertz CT molecular complexity index is 438. The van der Waals surface area contributed by atoms with E-state index in [-0.39, 0.29) is 5.91 Å². The Hall–Kier alpha value is -0.430. The SMILES string of the molecule is CN(Cc1csc(Br)c1)CC(O)CN1CCCC1=O. The van der Waals surface area contributed by atoms with Gasteiger partial charge in [0.05, 0.1) is 9.89 Å². The predicted octanol–water partition coefficient (Wildman–Crippen LogP) is 1.93. The summed E-state index contributed by atoms with van der Waals surface area (Å²) in [5.74, 6) is 0.170. The number of amides is 1. The fourth-order valence-corrected chi connectivity index (χ4v) is 3.57. The number of likely N-dealkylation sites (N-methyl/N-ethyl adjacent to an activating group) is 1. The number of nitrogens with zero attached hydrogens (tertiary/aromatic N) is 2. The van der Waals surface area contributed by atoms with Crippen LogP contribution >= 0.6 is 27.3 Å². The lowest BCUT2D eigenvalue weighted by Gasteiger charge is -2.24. The van der Waals surface area contributed by atoms with Crippen LogP contribution in [0.25, 0.3) is 0 Å². The highest BCUT2D eigenvalue weighted by Gasteiger charge is 2.23. The number of rotatable bonds is 6. The lowest BCUT2D eigenvalue weighted by atomic mass is 10.2. The van der Waals surface area contributed by atoms with Crippen LogP contribution in [0.4, 0.5) is 0 Å². The highest BCUT2D eigenvalue weighted by Crippen LogP contribution is 2.21. The van der Waals surface area contributed by atoms with Crippen LogP contribution in [-0.4, -0.2) is 53.6 Å². The van der Waals surface area contributed by atoms with Crippen molar-refractivity contribution in [2.24, 2.45) is 0 Å². The van der Waals surface area contributed by atoms with E-state index < -0.39 is 6.10 Å². The van der Waals surface area contributed by atoms with E-state index >= 15 is 0 Å². The number of hydrogen-bond donors (Lipinski definition) is 1. The van der Waals surface area contributed by atoms with Gasteiger partial charge in [-0.15, -0.1) is 11.3 Å². The van der Waals surface area contributed by atoms with Gasteiger partial charge in [0.2, 0.25) is 5.91 Å². The summed E-state index contributed by atoms with van der Waals surface area (Å²) in [7, 11) is 1.99. The van der Waals surface area contributed by atoms with E-state index in [1.54, 1.807) is 16.2 Å². The van der Waals surface area contributed by atoms with E-state index in [0.717, 1.165) is 23.3 Å². The van der Waals surface area contributed by atoms with Crippen molar-refractivity contribution in [1.82, 2.24) is 9.80 Å². The zero-order valence-electron chi connectivity index (χ0n) is 11.0. The maximum Gasteiger partial charge on any atom is 0.222 e. The molecule has 0 saturated carbocycles. The zero-order valence-corrected chi connectivity index (χ0v) is 13.4. The molecule has 19 heavy (non-hydrogen) atoms. The highest BCUT2D eigenvalue weighted by molar-refractivity contribution is 9.11. The summed E-state index contributed by atoms with van der Waals surface area (Å²) in [6.07, 6.45) is 1.07. The fourth-order valence-electron chi connectivity index (χ4n) is 2.37. The Morgan fingerprint density at radius 3 is 3.00 bits per heavy atom.